The third-order valence-corrected chi connectivity index (χ3v) is 4.10. The van der Waals surface area contributed by atoms with Crippen LogP contribution in [0.25, 0.3) is 11.0 Å². The molecule has 0 saturated heterocycles. The number of ether oxygens (including phenoxy) is 1. The average molecular weight is 356 g/mol. The number of carbonyl (C=O) groups is 1. The van der Waals surface area contributed by atoms with Gasteiger partial charge in [0.15, 0.2) is 0 Å². The number of methoxy groups -OCH3 is 1. The fourth-order valence-electron chi connectivity index (χ4n) is 2.88. The highest BCUT2D eigenvalue weighted by Crippen LogP contribution is 2.21. The number of rotatable bonds is 6. The predicted octanol–water partition coefficient (Wildman–Crippen LogP) is 2.63. The van der Waals surface area contributed by atoms with Crippen molar-refractivity contribution in [1.29, 1.82) is 0 Å². The van der Waals surface area contributed by atoms with Crippen LogP contribution in [0.3, 0.4) is 0 Å². The van der Waals surface area contributed by atoms with Crippen LogP contribution in [0.2, 0.25) is 0 Å². The standard InChI is InChI=1S/C19H21FN4O2/c1-24(2)18(12-5-4-6-13(20)9-12)19(25)21-11-17-22-15-8-7-14(26-3)10-16(15)23-17/h4-10,18H,11H2,1-3H3,(H,21,25)(H,22,23). The molecule has 1 atom stereocenters. The first kappa shape index (κ1) is 17.9. The van der Waals surface area contributed by atoms with Crippen molar-refractivity contribution in [2.75, 3.05) is 21.2 Å². The van der Waals surface area contributed by atoms with E-state index < -0.39 is 6.04 Å². The lowest BCUT2D eigenvalue weighted by atomic mass is 10.1. The Balaban J connectivity index is 1.74. The van der Waals surface area contributed by atoms with Crippen molar-refractivity contribution in [3.05, 3.63) is 59.7 Å². The summed E-state index contributed by atoms with van der Waals surface area (Å²) in [5, 5.41) is 2.86. The van der Waals surface area contributed by atoms with E-state index in [1.54, 1.807) is 38.2 Å². The normalized spacial score (nSPS) is 12.3. The number of carbonyl (C=O) groups excluding carboxylic acids is 1. The summed E-state index contributed by atoms with van der Waals surface area (Å²) in [5.74, 6) is 0.779. The summed E-state index contributed by atoms with van der Waals surface area (Å²) in [5.41, 5.74) is 2.23. The van der Waals surface area contributed by atoms with Crippen LogP contribution in [0.15, 0.2) is 42.5 Å². The third-order valence-electron chi connectivity index (χ3n) is 4.10. The first-order valence-corrected chi connectivity index (χ1v) is 8.20. The highest BCUT2D eigenvalue weighted by molar-refractivity contribution is 5.83. The molecule has 3 aromatic rings. The highest BCUT2D eigenvalue weighted by Gasteiger charge is 2.23. The summed E-state index contributed by atoms with van der Waals surface area (Å²) >= 11 is 0. The molecule has 1 amide bonds. The van der Waals surface area contributed by atoms with Crippen LogP contribution in [0.1, 0.15) is 17.4 Å². The zero-order valence-corrected chi connectivity index (χ0v) is 14.9. The molecule has 3 rings (SSSR count). The molecule has 0 aliphatic heterocycles. The number of H-pyrrole nitrogens is 1. The molecule has 1 unspecified atom stereocenters. The van der Waals surface area contributed by atoms with E-state index in [1.165, 1.54) is 12.1 Å². The van der Waals surface area contributed by atoms with Crippen LogP contribution in [0.5, 0.6) is 5.75 Å². The molecule has 2 aromatic carbocycles. The maximum absolute atomic E-state index is 13.5. The Morgan fingerprint density at radius 3 is 2.81 bits per heavy atom. The number of hydrogen-bond donors (Lipinski definition) is 2. The Bertz CT molecular complexity index is 923. The molecular weight excluding hydrogens is 335 g/mol. The number of amides is 1. The molecular formula is C19H21FN4O2. The molecule has 0 aliphatic rings. The van der Waals surface area contributed by atoms with Gasteiger partial charge >= 0.3 is 0 Å². The summed E-state index contributed by atoms with van der Waals surface area (Å²) < 4.78 is 18.7. The van der Waals surface area contributed by atoms with Crippen LogP contribution >= 0.6 is 0 Å². The summed E-state index contributed by atoms with van der Waals surface area (Å²) in [6, 6.07) is 11.0. The van der Waals surface area contributed by atoms with Crippen molar-refractivity contribution in [2.45, 2.75) is 12.6 Å². The van der Waals surface area contributed by atoms with Gasteiger partial charge in [0.25, 0.3) is 0 Å². The molecule has 0 fully saturated rings. The van der Waals surface area contributed by atoms with E-state index in [9.17, 15) is 9.18 Å². The second-order valence-electron chi connectivity index (χ2n) is 6.21. The van der Waals surface area contributed by atoms with Crippen LogP contribution in [0, 0.1) is 5.82 Å². The SMILES string of the molecule is COc1ccc2nc(CNC(=O)C(c3cccc(F)c3)N(C)C)[nH]c2c1. The molecule has 2 N–H and O–H groups in total. The fraction of sp³-hybridized carbons (Fsp3) is 0.263. The van der Waals surface area contributed by atoms with Crippen molar-refractivity contribution in [1.82, 2.24) is 20.2 Å². The number of nitrogens with one attached hydrogen (secondary N) is 2. The summed E-state index contributed by atoms with van der Waals surface area (Å²) in [6.45, 7) is 0.246. The number of benzene rings is 2. The number of aromatic amines is 1. The Kier molecular flexibility index (Phi) is 5.18. The van der Waals surface area contributed by atoms with Gasteiger partial charge in [-0.15, -0.1) is 0 Å². The molecule has 0 radical (unpaired) electrons. The molecule has 0 aliphatic carbocycles. The molecule has 1 aromatic heterocycles. The highest BCUT2D eigenvalue weighted by atomic mass is 19.1. The van der Waals surface area contributed by atoms with E-state index in [1.807, 2.05) is 18.2 Å². The minimum absolute atomic E-state index is 0.223. The monoisotopic (exact) mass is 356 g/mol. The van der Waals surface area contributed by atoms with Crippen LogP contribution in [0.4, 0.5) is 4.39 Å². The van der Waals surface area contributed by atoms with Crippen LogP contribution in [-0.4, -0.2) is 42.0 Å². The van der Waals surface area contributed by atoms with Crippen LogP contribution < -0.4 is 10.1 Å². The Morgan fingerprint density at radius 1 is 1.31 bits per heavy atom. The van der Waals surface area contributed by atoms with Crippen molar-refractivity contribution in [2.24, 2.45) is 0 Å². The number of halogens is 1. The van der Waals surface area contributed by atoms with Crippen LogP contribution in [-0.2, 0) is 11.3 Å². The second-order valence-corrected chi connectivity index (χ2v) is 6.21. The summed E-state index contributed by atoms with van der Waals surface area (Å²) in [4.78, 5) is 22.0. The van der Waals surface area contributed by atoms with Gasteiger partial charge in [-0.1, -0.05) is 12.1 Å². The smallest absolute Gasteiger partial charge is 0.242 e. The molecule has 1 heterocycles. The fourth-order valence-corrected chi connectivity index (χ4v) is 2.88. The van der Waals surface area contributed by atoms with Gasteiger partial charge in [0.1, 0.15) is 23.4 Å². The van der Waals surface area contributed by atoms with Gasteiger partial charge in [0.2, 0.25) is 5.91 Å². The molecule has 136 valence electrons. The van der Waals surface area contributed by atoms with Gasteiger partial charge < -0.3 is 15.0 Å². The van der Waals surface area contributed by atoms with Gasteiger partial charge in [-0.3, -0.25) is 9.69 Å². The average Bonchev–Trinajstić information content (AvgIpc) is 3.01. The molecule has 0 bridgehead atoms. The molecule has 0 saturated carbocycles. The lowest BCUT2D eigenvalue weighted by Crippen LogP contribution is -2.37. The topological polar surface area (TPSA) is 70.2 Å². The van der Waals surface area contributed by atoms with Crippen molar-refractivity contribution in [3.63, 3.8) is 0 Å². The minimum atomic E-state index is -0.588. The molecule has 6 nitrogen and oxygen atoms in total. The van der Waals surface area contributed by atoms with E-state index in [0.717, 1.165) is 16.8 Å². The summed E-state index contributed by atoms with van der Waals surface area (Å²) in [7, 11) is 5.16. The molecule has 26 heavy (non-hydrogen) atoms. The second kappa shape index (κ2) is 7.53. The first-order chi connectivity index (χ1) is 12.5. The number of likely N-dealkylation sites (N-methyl/N-ethyl adjacent to an activating group) is 1. The Morgan fingerprint density at radius 2 is 2.12 bits per heavy atom. The quantitative estimate of drug-likeness (QED) is 0.712. The van der Waals surface area contributed by atoms with E-state index in [2.05, 4.69) is 15.3 Å². The Hall–Kier alpha value is -2.93. The summed E-state index contributed by atoms with van der Waals surface area (Å²) in [6.07, 6.45) is 0. The van der Waals surface area contributed by atoms with Gasteiger partial charge in [-0.2, -0.15) is 0 Å². The largest absolute Gasteiger partial charge is 0.497 e. The first-order valence-electron chi connectivity index (χ1n) is 8.20. The van der Waals surface area contributed by atoms with Gasteiger partial charge in [0.05, 0.1) is 24.7 Å². The lowest BCUT2D eigenvalue weighted by Gasteiger charge is -2.23. The molecule has 7 heteroatoms. The predicted molar refractivity (Wildman–Crippen MR) is 97.3 cm³/mol. The maximum Gasteiger partial charge on any atom is 0.242 e. The van der Waals surface area contributed by atoms with E-state index in [-0.39, 0.29) is 18.3 Å². The third kappa shape index (κ3) is 3.83. The molecule has 0 spiro atoms. The number of fused-ring (bicyclic) bond motifs is 1. The Labute approximate surface area is 151 Å². The van der Waals surface area contributed by atoms with Gasteiger partial charge in [0, 0.05) is 6.07 Å². The zero-order valence-electron chi connectivity index (χ0n) is 14.9. The number of aromatic nitrogens is 2. The zero-order chi connectivity index (χ0) is 18.7. The number of nitrogens with zero attached hydrogens (tertiary/aromatic N) is 2. The number of imidazole rings is 1. The van der Waals surface area contributed by atoms with E-state index in [4.69, 9.17) is 4.74 Å². The van der Waals surface area contributed by atoms with E-state index in [0.29, 0.717) is 11.4 Å². The van der Waals surface area contributed by atoms with Crippen molar-refractivity contribution >= 4 is 16.9 Å². The van der Waals surface area contributed by atoms with Crippen molar-refractivity contribution in [3.8, 4) is 5.75 Å². The van der Waals surface area contributed by atoms with Gasteiger partial charge in [-0.25, -0.2) is 9.37 Å². The van der Waals surface area contributed by atoms with Gasteiger partial charge in [-0.05, 0) is 43.9 Å². The lowest BCUT2D eigenvalue weighted by molar-refractivity contribution is -0.126. The van der Waals surface area contributed by atoms with E-state index >= 15 is 0 Å². The number of hydrogen-bond acceptors (Lipinski definition) is 4. The maximum atomic E-state index is 13.5. The minimum Gasteiger partial charge on any atom is -0.497 e. The van der Waals surface area contributed by atoms with Crippen molar-refractivity contribution < 1.29 is 13.9 Å².